The zero-order chi connectivity index (χ0) is 8.27. The van der Waals surface area contributed by atoms with E-state index in [1.807, 2.05) is 0 Å². The van der Waals surface area contributed by atoms with Crippen molar-refractivity contribution in [2.45, 2.75) is 12.5 Å². The summed E-state index contributed by atoms with van der Waals surface area (Å²) in [4.78, 5) is 0. The predicted molar refractivity (Wildman–Crippen MR) is 49.9 cm³/mol. The van der Waals surface area contributed by atoms with Gasteiger partial charge in [0.05, 0.1) is 5.02 Å². The summed E-state index contributed by atoms with van der Waals surface area (Å²) < 4.78 is 12.6. The van der Waals surface area contributed by atoms with Gasteiger partial charge < -0.3 is 0 Å². The molecule has 0 heterocycles. The van der Waals surface area contributed by atoms with Crippen LogP contribution in [0.1, 0.15) is 5.56 Å². The number of benzene rings is 1. The lowest BCUT2D eigenvalue weighted by Crippen LogP contribution is -1.85. The molecule has 0 fully saturated rings. The molecule has 0 bridgehead atoms. The van der Waals surface area contributed by atoms with Crippen LogP contribution in [0.3, 0.4) is 0 Å². The van der Waals surface area contributed by atoms with Gasteiger partial charge in [0, 0.05) is 10.2 Å². The van der Waals surface area contributed by atoms with Crippen molar-refractivity contribution < 1.29 is 4.39 Å². The van der Waals surface area contributed by atoms with Crippen molar-refractivity contribution in [2.75, 3.05) is 0 Å². The van der Waals surface area contributed by atoms with Crippen LogP contribution in [0.15, 0.2) is 18.2 Å². The molecule has 3 heteroatoms. The molecule has 11 heavy (non-hydrogen) atoms. The topological polar surface area (TPSA) is 0 Å². The van der Waals surface area contributed by atoms with E-state index >= 15 is 0 Å². The van der Waals surface area contributed by atoms with Crippen molar-refractivity contribution in [1.29, 1.82) is 0 Å². The molecule has 0 aliphatic rings. The first kappa shape index (κ1) is 8.75. The Hall–Kier alpha value is -0.343. The van der Waals surface area contributed by atoms with Crippen molar-refractivity contribution in [3.05, 3.63) is 34.6 Å². The van der Waals surface area contributed by atoms with E-state index in [-0.39, 0.29) is 10.8 Å². The molecule has 0 aromatic heterocycles. The number of hydrogen-bond acceptors (Lipinski definition) is 0. The molecule has 1 rings (SSSR count). The molecular weight excluding hydrogens is 179 g/mol. The van der Waals surface area contributed by atoms with Crippen LogP contribution in [0.2, 0.25) is 11.1 Å². The number of aryl methyl sites for hydroxylation is 1. The third kappa shape index (κ3) is 2.31. The first-order chi connectivity index (χ1) is 5.24. The van der Waals surface area contributed by atoms with Crippen molar-refractivity contribution in [3.63, 3.8) is 0 Å². The van der Waals surface area contributed by atoms with Gasteiger partial charge in [-0.3, -0.25) is 0 Å². The molecule has 0 nitrogen and oxygen atoms in total. The molecule has 0 aliphatic carbocycles. The summed E-state index contributed by atoms with van der Waals surface area (Å²) in [5, 5.41) is 0.234. The molecule has 0 aliphatic heterocycles. The summed E-state index contributed by atoms with van der Waals surface area (Å²) in [6.07, 6.45) is 1.02. The summed E-state index contributed by atoms with van der Waals surface area (Å²) in [7, 11) is 1.18. The smallest absolute Gasteiger partial charge is 0.141 e. The number of halogens is 2. The van der Waals surface area contributed by atoms with Gasteiger partial charge in [-0.2, -0.15) is 0 Å². The van der Waals surface area contributed by atoms with Gasteiger partial charge in [0.1, 0.15) is 5.82 Å². The molecule has 0 amide bonds. The van der Waals surface area contributed by atoms with E-state index in [1.54, 1.807) is 12.1 Å². The summed E-state index contributed by atoms with van der Waals surface area (Å²) in [5.41, 5.74) is 1.13. The second-order valence-corrected chi connectivity index (χ2v) is 3.91. The van der Waals surface area contributed by atoms with Crippen molar-refractivity contribution in [2.24, 2.45) is 0 Å². The Labute approximate surface area is 73.8 Å². The highest BCUT2D eigenvalue weighted by Crippen LogP contribution is 2.16. The molecule has 0 saturated heterocycles. The molecule has 0 atom stereocenters. The van der Waals surface area contributed by atoms with Gasteiger partial charge in [-0.25, -0.2) is 4.39 Å². The average molecular weight is 189 g/mol. The summed E-state index contributed by atoms with van der Waals surface area (Å²) in [5.74, 6) is -0.330. The van der Waals surface area contributed by atoms with E-state index in [0.717, 1.165) is 12.0 Å². The molecule has 1 aromatic carbocycles. The predicted octanol–water partition coefficient (Wildman–Crippen LogP) is 1.81. The zero-order valence-corrected chi connectivity index (χ0v) is 9.16. The van der Waals surface area contributed by atoms with Crippen LogP contribution in [0.5, 0.6) is 0 Å². The highest BCUT2D eigenvalue weighted by molar-refractivity contribution is 6.30. The molecule has 0 radical (unpaired) electrons. The van der Waals surface area contributed by atoms with Crippen LogP contribution >= 0.6 is 11.6 Å². The molecule has 0 spiro atoms. The third-order valence-electron chi connectivity index (χ3n) is 1.52. The van der Waals surface area contributed by atoms with E-state index in [4.69, 9.17) is 11.6 Å². The van der Waals surface area contributed by atoms with E-state index in [0.29, 0.717) is 0 Å². The highest BCUT2D eigenvalue weighted by atomic mass is 35.5. The lowest BCUT2D eigenvalue weighted by atomic mass is 10.2. The highest BCUT2D eigenvalue weighted by Gasteiger charge is 1.98. The average Bonchev–Trinajstić information content (AvgIpc) is 1.98. The van der Waals surface area contributed by atoms with Gasteiger partial charge in [-0.1, -0.05) is 23.7 Å². The maximum Gasteiger partial charge on any atom is 0.141 e. The SMILES string of the molecule is Fc1ccc(CC[SiH3])cc1Cl. The second-order valence-electron chi connectivity index (χ2n) is 2.50. The van der Waals surface area contributed by atoms with Gasteiger partial charge in [0.25, 0.3) is 0 Å². The molecular formula is C8H10ClFSi. The monoisotopic (exact) mass is 188 g/mol. The Morgan fingerprint density at radius 2 is 2.18 bits per heavy atom. The standard InChI is InChI=1S/C8H10ClFSi/c9-7-5-6(3-4-11)1-2-8(7)10/h1-2,5H,3-4H2,11H3. The second kappa shape index (κ2) is 3.88. The zero-order valence-electron chi connectivity index (χ0n) is 6.40. The largest absolute Gasteiger partial charge is 0.205 e. The Balaban J connectivity index is 2.86. The van der Waals surface area contributed by atoms with E-state index in [2.05, 4.69) is 0 Å². The minimum Gasteiger partial charge on any atom is -0.205 e. The minimum absolute atomic E-state index is 0.234. The van der Waals surface area contributed by atoms with Crippen LogP contribution in [0, 0.1) is 5.82 Å². The Morgan fingerprint density at radius 1 is 1.45 bits per heavy atom. The van der Waals surface area contributed by atoms with E-state index in [1.165, 1.54) is 22.4 Å². The fraction of sp³-hybridized carbons (Fsp3) is 0.250. The summed E-state index contributed by atoms with van der Waals surface area (Å²) >= 11 is 5.59. The van der Waals surface area contributed by atoms with Gasteiger partial charge in [-0.05, 0) is 24.1 Å². The Bertz CT molecular complexity index is 250. The van der Waals surface area contributed by atoms with Crippen LogP contribution in [0.4, 0.5) is 4.39 Å². The van der Waals surface area contributed by atoms with Crippen molar-refractivity contribution >= 4 is 21.8 Å². The normalized spacial score (nSPS) is 10.4. The van der Waals surface area contributed by atoms with Gasteiger partial charge in [0.15, 0.2) is 0 Å². The summed E-state index contributed by atoms with van der Waals surface area (Å²) in [6, 6.07) is 6.12. The molecule has 0 unspecified atom stereocenters. The quantitative estimate of drug-likeness (QED) is 0.622. The van der Waals surface area contributed by atoms with Gasteiger partial charge >= 0.3 is 0 Å². The molecule has 0 N–H and O–H groups in total. The van der Waals surface area contributed by atoms with Crippen molar-refractivity contribution in [1.82, 2.24) is 0 Å². The maximum absolute atomic E-state index is 12.6. The van der Waals surface area contributed by atoms with Crippen LogP contribution in [-0.4, -0.2) is 10.2 Å². The maximum atomic E-state index is 12.6. The lowest BCUT2D eigenvalue weighted by Gasteiger charge is -1.98. The third-order valence-corrected chi connectivity index (χ3v) is 2.31. The van der Waals surface area contributed by atoms with Crippen LogP contribution in [0.25, 0.3) is 0 Å². The van der Waals surface area contributed by atoms with Crippen LogP contribution in [-0.2, 0) is 6.42 Å². The van der Waals surface area contributed by atoms with Gasteiger partial charge in [0.2, 0.25) is 0 Å². The number of rotatable bonds is 2. The lowest BCUT2D eigenvalue weighted by molar-refractivity contribution is 0.627. The van der Waals surface area contributed by atoms with Crippen molar-refractivity contribution in [3.8, 4) is 0 Å². The first-order valence-corrected chi connectivity index (χ1v) is 5.47. The molecule has 1 aromatic rings. The molecule has 60 valence electrons. The molecule has 0 saturated carbocycles. The Morgan fingerprint density at radius 3 is 2.73 bits per heavy atom. The fourth-order valence-corrected chi connectivity index (χ4v) is 1.76. The van der Waals surface area contributed by atoms with Gasteiger partial charge in [-0.15, -0.1) is 0 Å². The first-order valence-electron chi connectivity index (χ1n) is 3.68. The number of hydrogen-bond donors (Lipinski definition) is 0. The fourth-order valence-electron chi connectivity index (χ4n) is 0.984. The van der Waals surface area contributed by atoms with E-state index < -0.39 is 0 Å². The Kier molecular flexibility index (Phi) is 3.09. The minimum atomic E-state index is -0.330. The van der Waals surface area contributed by atoms with E-state index in [9.17, 15) is 4.39 Å². The van der Waals surface area contributed by atoms with Crippen LogP contribution < -0.4 is 0 Å². The summed E-state index contributed by atoms with van der Waals surface area (Å²) in [6.45, 7) is 0.